The van der Waals surface area contributed by atoms with Crippen molar-refractivity contribution < 1.29 is 0 Å². The summed E-state index contributed by atoms with van der Waals surface area (Å²) in [5.41, 5.74) is 19.6. The summed E-state index contributed by atoms with van der Waals surface area (Å²) in [4.78, 5) is 5.41. The molecule has 6 aliphatic rings. The van der Waals surface area contributed by atoms with Crippen molar-refractivity contribution in [1.29, 1.82) is 0 Å². The fourth-order valence-corrected chi connectivity index (χ4v) is 12.4. The molecule has 0 amide bonds. The third-order valence-electron chi connectivity index (χ3n) is 15.4. The molecule has 0 saturated heterocycles. The number of anilines is 6. The van der Waals surface area contributed by atoms with E-state index in [1.807, 2.05) is 0 Å². The van der Waals surface area contributed by atoms with Crippen LogP contribution >= 0.6 is 0 Å². The summed E-state index contributed by atoms with van der Waals surface area (Å²) in [6.45, 7) is 28.6. The Morgan fingerprint density at radius 2 is 0.780 bits per heavy atom. The monoisotopic (exact) mass is 779 g/mol. The molecule has 2 aliphatic heterocycles. The molecular weight excluding hydrogens is 711 g/mol. The van der Waals surface area contributed by atoms with Gasteiger partial charge in [0.15, 0.2) is 0 Å². The van der Waals surface area contributed by atoms with Gasteiger partial charge in [0.05, 0.1) is 0 Å². The minimum Gasteiger partial charge on any atom is -0.311 e. The van der Waals surface area contributed by atoms with Gasteiger partial charge in [0.2, 0.25) is 0 Å². The Morgan fingerprint density at radius 1 is 0.441 bits per heavy atom. The average Bonchev–Trinajstić information content (AvgIpc) is 3.15. The van der Waals surface area contributed by atoms with Crippen LogP contribution in [0.4, 0.5) is 34.1 Å². The fraction of sp³-hybridized carbons (Fsp3) is 0.464. The first-order chi connectivity index (χ1) is 27.7. The molecular formula is C56H67BN2. The molecule has 0 atom stereocenters. The molecule has 0 radical (unpaired) electrons. The van der Waals surface area contributed by atoms with E-state index in [0.29, 0.717) is 0 Å². The number of fused-ring (bicyclic) bond motifs is 4. The van der Waals surface area contributed by atoms with Crippen molar-refractivity contribution in [2.24, 2.45) is 17.8 Å². The second-order valence-corrected chi connectivity index (χ2v) is 23.9. The Balaban J connectivity index is 1.32. The van der Waals surface area contributed by atoms with Gasteiger partial charge in [-0.3, -0.25) is 0 Å². The first-order valence-electron chi connectivity index (χ1n) is 23.0. The van der Waals surface area contributed by atoms with Crippen LogP contribution in [0.15, 0.2) is 97.1 Å². The maximum atomic E-state index is 2.73. The molecule has 3 heteroatoms. The maximum absolute atomic E-state index is 2.73. The molecule has 11 rings (SSSR count). The van der Waals surface area contributed by atoms with E-state index in [1.165, 1.54) is 111 Å². The second-order valence-electron chi connectivity index (χ2n) is 23.9. The van der Waals surface area contributed by atoms with Crippen molar-refractivity contribution in [3.05, 3.63) is 125 Å². The molecule has 4 fully saturated rings. The van der Waals surface area contributed by atoms with Crippen LogP contribution in [0, 0.1) is 17.8 Å². The number of benzene rings is 5. The van der Waals surface area contributed by atoms with Crippen LogP contribution in [-0.4, -0.2) is 6.71 Å². The van der Waals surface area contributed by atoms with Gasteiger partial charge >= 0.3 is 0 Å². The summed E-state index contributed by atoms with van der Waals surface area (Å²) < 4.78 is 0. The zero-order valence-corrected chi connectivity index (χ0v) is 38.2. The minimum absolute atomic E-state index is 0.00684. The van der Waals surface area contributed by atoms with Gasteiger partial charge in [-0.2, -0.15) is 0 Å². The van der Waals surface area contributed by atoms with E-state index in [4.69, 9.17) is 0 Å². The SMILES string of the molecule is CC(C)(C)c1cc(N2c3ccccc3B3c4ccccc4N(c4cc(C(C)(C)C)cc(C(C)(C)C)c4)c4cc(C56CC7CC(CC(C7)C5)C6)cc2c43)cc(C(C)(C)C)c1. The number of hydrogen-bond donors (Lipinski definition) is 0. The van der Waals surface area contributed by atoms with Crippen molar-refractivity contribution in [3.8, 4) is 0 Å². The minimum atomic E-state index is 0.00684. The van der Waals surface area contributed by atoms with Gasteiger partial charge in [0, 0.05) is 34.1 Å². The first-order valence-corrected chi connectivity index (χ1v) is 23.0. The molecule has 5 aromatic rings. The Hall–Kier alpha value is -4.24. The largest absolute Gasteiger partial charge is 0.311 e. The van der Waals surface area contributed by atoms with E-state index in [1.54, 1.807) is 5.56 Å². The van der Waals surface area contributed by atoms with Crippen molar-refractivity contribution >= 4 is 57.2 Å². The van der Waals surface area contributed by atoms with Gasteiger partial charge < -0.3 is 9.80 Å². The highest BCUT2D eigenvalue weighted by atomic mass is 15.2. The quantitative estimate of drug-likeness (QED) is 0.165. The summed E-state index contributed by atoms with van der Waals surface area (Å²) in [6, 6.07) is 39.3. The standard InChI is InChI=1S/C56H67BN2/c1-52(2,3)38-24-39(53(4,5)6)27-43(26-38)58-47-19-15-13-17-45(47)57-46-18-14-16-20-48(46)59(44-28-40(54(7,8)9)25-41(29-44)55(10,11)12)50-31-42(30-49(58)51(50)57)56-32-35-21-36(33-56)23-37(22-35)34-56/h13-20,24-31,35-37H,21-23,32-34H2,1-12H3. The van der Waals surface area contributed by atoms with E-state index in [9.17, 15) is 0 Å². The lowest BCUT2D eigenvalue weighted by atomic mass is 9.33. The molecule has 2 heterocycles. The van der Waals surface area contributed by atoms with Crippen LogP contribution < -0.4 is 26.2 Å². The predicted molar refractivity (Wildman–Crippen MR) is 255 cm³/mol. The normalized spacial score (nSPS) is 23.3. The van der Waals surface area contributed by atoms with Crippen LogP contribution in [0.25, 0.3) is 0 Å². The van der Waals surface area contributed by atoms with Crippen LogP contribution in [0.2, 0.25) is 0 Å². The van der Waals surface area contributed by atoms with Crippen LogP contribution in [0.1, 0.15) is 149 Å². The third kappa shape index (κ3) is 6.34. The molecule has 0 aromatic heterocycles. The molecule has 0 spiro atoms. The van der Waals surface area contributed by atoms with Crippen molar-refractivity contribution in [3.63, 3.8) is 0 Å². The number of nitrogens with zero attached hydrogens (tertiary/aromatic N) is 2. The van der Waals surface area contributed by atoms with Gasteiger partial charge in [-0.1, -0.05) is 132 Å². The Kier molecular flexibility index (Phi) is 8.51. The molecule has 304 valence electrons. The Labute approximate surface area is 356 Å². The Morgan fingerprint density at radius 3 is 1.12 bits per heavy atom. The molecule has 4 aliphatic carbocycles. The predicted octanol–water partition coefficient (Wildman–Crippen LogP) is 13.4. The van der Waals surface area contributed by atoms with Crippen molar-refractivity contribution in [2.45, 2.75) is 149 Å². The molecule has 59 heavy (non-hydrogen) atoms. The van der Waals surface area contributed by atoms with Crippen LogP contribution in [0.3, 0.4) is 0 Å². The fourth-order valence-electron chi connectivity index (χ4n) is 12.4. The van der Waals surface area contributed by atoms with E-state index < -0.39 is 0 Å². The lowest BCUT2D eigenvalue weighted by Crippen LogP contribution is -2.61. The summed E-state index contributed by atoms with van der Waals surface area (Å²) in [5.74, 6) is 2.60. The van der Waals surface area contributed by atoms with Crippen LogP contribution in [-0.2, 0) is 27.1 Å². The second kappa shape index (κ2) is 12.9. The van der Waals surface area contributed by atoms with E-state index in [0.717, 1.165) is 17.8 Å². The highest BCUT2D eigenvalue weighted by Gasteiger charge is 2.53. The molecule has 2 nitrogen and oxygen atoms in total. The number of hydrogen-bond acceptors (Lipinski definition) is 2. The summed E-state index contributed by atoms with van der Waals surface area (Å²) >= 11 is 0. The summed E-state index contributed by atoms with van der Waals surface area (Å²) in [5, 5.41) is 0. The van der Waals surface area contributed by atoms with E-state index in [-0.39, 0.29) is 33.8 Å². The van der Waals surface area contributed by atoms with Crippen molar-refractivity contribution in [1.82, 2.24) is 0 Å². The molecule has 5 aromatic carbocycles. The molecule has 0 unspecified atom stereocenters. The molecule has 0 N–H and O–H groups in total. The van der Waals surface area contributed by atoms with E-state index >= 15 is 0 Å². The maximum Gasteiger partial charge on any atom is 0.252 e. The van der Waals surface area contributed by atoms with Crippen LogP contribution in [0.5, 0.6) is 0 Å². The van der Waals surface area contributed by atoms with Gasteiger partial charge in [-0.05, 0) is 176 Å². The first kappa shape index (κ1) is 38.9. The Bertz CT molecular complexity index is 2250. The number of para-hydroxylation sites is 2. The third-order valence-corrected chi connectivity index (χ3v) is 15.4. The highest BCUT2D eigenvalue weighted by molar-refractivity contribution is 7.00. The van der Waals surface area contributed by atoms with Gasteiger partial charge in [-0.15, -0.1) is 0 Å². The molecule has 4 saturated carbocycles. The van der Waals surface area contributed by atoms with Gasteiger partial charge in [0.1, 0.15) is 0 Å². The summed E-state index contributed by atoms with van der Waals surface area (Å²) in [7, 11) is 0. The van der Waals surface area contributed by atoms with E-state index in [2.05, 4.69) is 190 Å². The topological polar surface area (TPSA) is 6.48 Å². The zero-order valence-electron chi connectivity index (χ0n) is 38.2. The highest BCUT2D eigenvalue weighted by Crippen LogP contribution is 2.62. The molecule has 4 bridgehead atoms. The lowest BCUT2D eigenvalue weighted by molar-refractivity contribution is -0.00514. The van der Waals surface area contributed by atoms with Gasteiger partial charge in [0.25, 0.3) is 6.71 Å². The summed E-state index contributed by atoms with van der Waals surface area (Å²) in [6.07, 6.45) is 8.37. The lowest BCUT2D eigenvalue weighted by Gasteiger charge is -2.57. The van der Waals surface area contributed by atoms with Gasteiger partial charge in [-0.25, -0.2) is 0 Å². The number of rotatable bonds is 3. The zero-order chi connectivity index (χ0) is 41.6. The smallest absolute Gasteiger partial charge is 0.252 e. The average molecular weight is 779 g/mol. The van der Waals surface area contributed by atoms with Crippen molar-refractivity contribution in [2.75, 3.05) is 9.80 Å².